The number of nitrogens with one attached hydrogen (secondary N) is 2. The summed E-state index contributed by atoms with van der Waals surface area (Å²) in [6, 6.07) is 4.88. The number of carbonyl (C=O) groups is 1. The predicted molar refractivity (Wildman–Crippen MR) is 73.2 cm³/mol. The molecule has 1 fully saturated rings. The van der Waals surface area contributed by atoms with Gasteiger partial charge in [-0.3, -0.25) is 4.79 Å². The lowest BCUT2D eigenvalue weighted by atomic mass is 10.1. The normalized spacial score (nSPS) is 19.2. The van der Waals surface area contributed by atoms with Gasteiger partial charge in [0.05, 0.1) is 17.7 Å². The van der Waals surface area contributed by atoms with Crippen LogP contribution in [0.25, 0.3) is 0 Å². The Morgan fingerprint density at radius 2 is 2.42 bits per heavy atom. The van der Waals surface area contributed by atoms with Gasteiger partial charge >= 0.3 is 0 Å². The molecule has 0 aromatic heterocycles. The maximum absolute atomic E-state index is 13.3. The summed E-state index contributed by atoms with van der Waals surface area (Å²) < 4.78 is 19.0. The number of morpholine rings is 1. The molecule has 0 spiro atoms. The number of halogens is 2. The molecule has 6 heteroatoms. The van der Waals surface area contributed by atoms with Gasteiger partial charge in [-0.15, -0.1) is 0 Å². The van der Waals surface area contributed by atoms with Crippen molar-refractivity contribution in [2.75, 3.05) is 19.8 Å². The fraction of sp³-hybridized carbons (Fsp3) is 0.462. The third-order valence-electron chi connectivity index (χ3n) is 2.90. The Morgan fingerprint density at radius 3 is 3.11 bits per heavy atom. The average molecular weight is 331 g/mol. The molecule has 1 aromatic carbocycles. The molecule has 0 aliphatic carbocycles. The topological polar surface area (TPSA) is 50.4 Å². The van der Waals surface area contributed by atoms with Gasteiger partial charge < -0.3 is 15.4 Å². The summed E-state index contributed by atoms with van der Waals surface area (Å²) in [6.07, 6.45) is 0.374. The van der Waals surface area contributed by atoms with E-state index in [0.717, 1.165) is 12.1 Å². The third kappa shape index (κ3) is 4.56. The van der Waals surface area contributed by atoms with Crippen LogP contribution >= 0.6 is 15.9 Å². The Balaban J connectivity index is 1.77. The van der Waals surface area contributed by atoms with Gasteiger partial charge in [0.1, 0.15) is 5.82 Å². The minimum absolute atomic E-state index is 0.0636. The van der Waals surface area contributed by atoms with Crippen molar-refractivity contribution in [2.45, 2.75) is 19.0 Å². The van der Waals surface area contributed by atoms with Crippen LogP contribution in [0.4, 0.5) is 4.39 Å². The van der Waals surface area contributed by atoms with Crippen LogP contribution in [0.5, 0.6) is 0 Å². The fourth-order valence-electron chi connectivity index (χ4n) is 1.90. The monoisotopic (exact) mass is 330 g/mol. The highest BCUT2D eigenvalue weighted by atomic mass is 79.9. The lowest BCUT2D eigenvalue weighted by molar-refractivity contribution is -0.122. The molecule has 104 valence electrons. The van der Waals surface area contributed by atoms with Gasteiger partial charge in [0.25, 0.3) is 0 Å². The summed E-state index contributed by atoms with van der Waals surface area (Å²) in [5, 5.41) is 5.99. The second-order valence-electron chi connectivity index (χ2n) is 4.46. The molecule has 2 N–H and O–H groups in total. The van der Waals surface area contributed by atoms with Crippen molar-refractivity contribution in [2.24, 2.45) is 0 Å². The molecule has 0 bridgehead atoms. The number of hydrogen-bond donors (Lipinski definition) is 2. The molecule has 1 heterocycles. The van der Waals surface area contributed by atoms with E-state index in [1.807, 2.05) is 0 Å². The first-order valence-corrected chi connectivity index (χ1v) is 6.96. The lowest BCUT2D eigenvalue weighted by Gasteiger charge is -2.23. The van der Waals surface area contributed by atoms with Crippen molar-refractivity contribution >= 4 is 21.8 Å². The highest BCUT2D eigenvalue weighted by Crippen LogP contribution is 2.16. The minimum atomic E-state index is -0.325. The third-order valence-corrected chi connectivity index (χ3v) is 3.55. The van der Waals surface area contributed by atoms with E-state index in [4.69, 9.17) is 4.74 Å². The first kappa shape index (κ1) is 14.4. The maximum Gasteiger partial charge on any atom is 0.221 e. The second-order valence-corrected chi connectivity index (χ2v) is 5.31. The lowest BCUT2D eigenvalue weighted by Crippen LogP contribution is -2.44. The van der Waals surface area contributed by atoms with Gasteiger partial charge in [-0.05, 0) is 33.6 Å². The van der Waals surface area contributed by atoms with Crippen LogP contribution in [0.3, 0.4) is 0 Å². The standard InChI is InChI=1S/C13H16BrFN2O2/c14-11-2-1-9(5-12(11)15)7-17-13(18)6-10-8-19-4-3-16-10/h1-2,5,10,16H,3-4,6-8H2,(H,17,18). The fourth-order valence-corrected chi connectivity index (χ4v) is 2.14. The van der Waals surface area contributed by atoms with Gasteiger partial charge in [-0.25, -0.2) is 4.39 Å². The highest BCUT2D eigenvalue weighted by Gasteiger charge is 2.16. The first-order valence-electron chi connectivity index (χ1n) is 6.17. The summed E-state index contributed by atoms with van der Waals surface area (Å²) in [5.74, 6) is -0.388. The molecule has 2 rings (SSSR count). The van der Waals surface area contributed by atoms with Crippen LogP contribution < -0.4 is 10.6 Å². The number of hydrogen-bond acceptors (Lipinski definition) is 3. The number of amides is 1. The maximum atomic E-state index is 13.3. The molecule has 1 aliphatic heterocycles. The first-order chi connectivity index (χ1) is 9.15. The molecule has 1 unspecified atom stereocenters. The molecular formula is C13H16BrFN2O2. The van der Waals surface area contributed by atoms with Gasteiger partial charge in [0.2, 0.25) is 5.91 Å². The van der Waals surface area contributed by atoms with E-state index < -0.39 is 0 Å². The van der Waals surface area contributed by atoms with E-state index >= 15 is 0 Å². The molecule has 4 nitrogen and oxygen atoms in total. The SMILES string of the molecule is O=C(CC1COCCN1)NCc1ccc(Br)c(F)c1. The summed E-state index contributed by atoms with van der Waals surface area (Å²) in [7, 11) is 0. The Morgan fingerprint density at radius 1 is 1.58 bits per heavy atom. The van der Waals surface area contributed by atoms with E-state index in [1.54, 1.807) is 12.1 Å². The highest BCUT2D eigenvalue weighted by molar-refractivity contribution is 9.10. The molecule has 0 radical (unpaired) electrons. The second kappa shape index (κ2) is 6.98. The van der Waals surface area contributed by atoms with Gasteiger partial charge in [0.15, 0.2) is 0 Å². The summed E-state index contributed by atoms with van der Waals surface area (Å²) >= 11 is 3.09. The van der Waals surface area contributed by atoms with Crippen LogP contribution in [-0.4, -0.2) is 31.7 Å². The number of rotatable bonds is 4. The molecule has 1 aromatic rings. The Kier molecular flexibility index (Phi) is 5.30. The Bertz CT molecular complexity index is 450. The number of ether oxygens (including phenoxy) is 1. The predicted octanol–water partition coefficient (Wildman–Crippen LogP) is 1.58. The zero-order valence-corrected chi connectivity index (χ0v) is 12.0. The number of carbonyl (C=O) groups excluding carboxylic acids is 1. The van der Waals surface area contributed by atoms with E-state index in [-0.39, 0.29) is 17.8 Å². The van der Waals surface area contributed by atoms with Crippen molar-refractivity contribution in [1.29, 1.82) is 0 Å². The van der Waals surface area contributed by atoms with Crippen molar-refractivity contribution in [3.05, 3.63) is 34.1 Å². The van der Waals surface area contributed by atoms with Gasteiger partial charge in [-0.1, -0.05) is 6.07 Å². The zero-order chi connectivity index (χ0) is 13.7. The Labute approximate surface area is 119 Å². The summed E-state index contributed by atoms with van der Waals surface area (Å²) in [6.45, 7) is 2.35. The van der Waals surface area contributed by atoms with Gasteiger partial charge in [-0.2, -0.15) is 0 Å². The molecule has 1 atom stereocenters. The van der Waals surface area contributed by atoms with Crippen molar-refractivity contribution in [3.63, 3.8) is 0 Å². The van der Waals surface area contributed by atoms with Gasteiger partial charge in [0, 0.05) is 25.6 Å². The average Bonchev–Trinajstić information content (AvgIpc) is 2.41. The minimum Gasteiger partial charge on any atom is -0.378 e. The number of benzene rings is 1. The molecule has 1 saturated heterocycles. The molecular weight excluding hydrogens is 315 g/mol. The molecule has 1 amide bonds. The van der Waals surface area contributed by atoms with Crippen molar-refractivity contribution in [3.8, 4) is 0 Å². The van der Waals surface area contributed by atoms with E-state index in [0.29, 0.717) is 30.7 Å². The van der Waals surface area contributed by atoms with Crippen LogP contribution in [-0.2, 0) is 16.1 Å². The van der Waals surface area contributed by atoms with E-state index in [1.165, 1.54) is 6.07 Å². The van der Waals surface area contributed by atoms with Crippen molar-refractivity contribution in [1.82, 2.24) is 10.6 Å². The summed E-state index contributed by atoms with van der Waals surface area (Å²) in [4.78, 5) is 11.7. The molecule has 1 aliphatic rings. The van der Waals surface area contributed by atoms with Crippen LogP contribution in [0.2, 0.25) is 0 Å². The van der Waals surface area contributed by atoms with E-state index in [2.05, 4.69) is 26.6 Å². The smallest absolute Gasteiger partial charge is 0.221 e. The van der Waals surface area contributed by atoms with Crippen molar-refractivity contribution < 1.29 is 13.9 Å². The van der Waals surface area contributed by atoms with Crippen LogP contribution in [0, 0.1) is 5.82 Å². The molecule has 19 heavy (non-hydrogen) atoms. The Hall–Kier alpha value is -0.980. The largest absolute Gasteiger partial charge is 0.378 e. The summed E-state index contributed by atoms with van der Waals surface area (Å²) in [5.41, 5.74) is 0.738. The molecule has 0 saturated carbocycles. The quantitative estimate of drug-likeness (QED) is 0.881. The van der Waals surface area contributed by atoms with Crippen LogP contribution in [0.1, 0.15) is 12.0 Å². The van der Waals surface area contributed by atoms with Crippen LogP contribution in [0.15, 0.2) is 22.7 Å². The zero-order valence-electron chi connectivity index (χ0n) is 10.4. The van der Waals surface area contributed by atoms with E-state index in [9.17, 15) is 9.18 Å².